The Kier molecular flexibility index (Phi) is 5.67. The Morgan fingerprint density at radius 3 is 2.74 bits per heavy atom. The molecule has 2 amide bonds. The number of aryl methyl sites for hydroxylation is 1. The van der Waals surface area contributed by atoms with E-state index >= 15 is 0 Å². The molecular weight excluding hydrogens is 302 g/mol. The highest BCUT2D eigenvalue weighted by molar-refractivity contribution is 5.74. The molecule has 23 heavy (non-hydrogen) atoms. The summed E-state index contributed by atoms with van der Waals surface area (Å²) < 4.78 is 27.1. The van der Waals surface area contributed by atoms with Gasteiger partial charge in [0.05, 0.1) is 24.0 Å². The maximum atomic E-state index is 13.8. The molecule has 1 atom stereocenters. The maximum absolute atomic E-state index is 13.8. The van der Waals surface area contributed by atoms with E-state index in [9.17, 15) is 13.6 Å². The molecule has 7 heteroatoms. The summed E-state index contributed by atoms with van der Waals surface area (Å²) in [6.07, 6.45) is 1.25. The summed E-state index contributed by atoms with van der Waals surface area (Å²) in [5.41, 5.74) is 1.83. The van der Waals surface area contributed by atoms with Gasteiger partial charge in [-0.2, -0.15) is 5.10 Å². The van der Waals surface area contributed by atoms with Gasteiger partial charge < -0.3 is 10.6 Å². The number of urea groups is 1. The second kappa shape index (κ2) is 7.71. The fraction of sp³-hybridized carbons (Fsp3) is 0.375. The van der Waals surface area contributed by atoms with E-state index in [0.717, 1.165) is 36.0 Å². The second-order valence-corrected chi connectivity index (χ2v) is 5.19. The van der Waals surface area contributed by atoms with Crippen molar-refractivity contribution in [1.29, 1.82) is 0 Å². The van der Waals surface area contributed by atoms with Gasteiger partial charge in [-0.15, -0.1) is 0 Å². The third-order valence-electron chi connectivity index (χ3n) is 3.53. The number of halogens is 2. The fourth-order valence-corrected chi connectivity index (χ4v) is 2.25. The lowest BCUT2D eigenvalue weighted by atomic mass is 10.0. The molecule has 3 N–H and O–H groups in total. The van der Waals surface area contributed by atoms with Crippen LogP contribution in [0.4, 0.5) is 13.6 Å². The van der Waals surface area contributed by atoms with E-state index in [-0.39, 0.29) is 12.1 Å². The van der Waals surface area contributed by atoms with Gasteiger partial charge in [0.15, 0.2) is 0 Å². The van der Waals surface area contributed by atoms with E-state index in [1.807, 2.05) is 13.0 Å². The van der Waals surface area contributed by atoms with Gasteiger partial charge in [-0.05, 0) is 37.1 Å². The van der Waals surface area contributed by atoms with Crippen LogP contribution in [0.25, 0.3) is 0 Å². The smallest absolute Gasteiger partial charge is 0.315 e. The highest BCUT2D eigenvalue weighted by Crippen LogP contribution is 2.21. The van der Waals surface area contributed by atoms with Gasteiger partial charge in [0.25, 0.3) is 0 Å². The van der Waals surface area contributed by atoms with Crippen molar-refractivity contribution in [3.63, 3.8) is 0 Å². The highest BCUT2D eigenvalue weighted by Gasteiger charge is 2.17. The van der Waals surface area contributed by atoms with Crippen molar-refractivity contribution < 1.29 is 13.6 Å². The van der Waals surface area contributed by atoms with Gasteiger partial charge in [-0.25, -0.2) is 13.6 Å². The molecule has 0 saturated carbocycles. The SMILES string of the molecule is CCc1cc(CNC(=O)NC(CC)c2cc(F)ccc2F)[nH]n1. The van der Waals surface area contributed by atoms with Crippen LogP contribution in [0.15, 0.2) is 24.3 Å². The first-order chi connectivity index (χ1) is 11.0. The minimum Gasteiger partial charge on any atom is -0.333 e. The minimum atomic E-state index is -0.598. The van der Waals surface area contributed by atoms with Crippen LogP contribution in [0.2, 0.25) is 0 Å². The maximum Gasteiger partial charge on any atom is 0.315 e. The predicted octanol–water partition coefficient (Wildman–Crippen LogP) is 3.20. The second-order valence-electron chi connectivity index (χ2n) is 5.19. The molecule has 1 unspecified atom stereocenters. The molecule has 0 aliphatic rings. The number of carbonyl (C=O) groups excluding carboxylic acids is 1. The molecule has 1 aromatic heterocycles. The normalized spacial score (nSPS) is 12.0. The Morgan fingerprint density at radius 1 is 1.30 bits per heavy atom. The molecule has 0 bridgehead atoms. The molecule has 1 aromatic carbocycles. The lowest BCUT2D eigenvalue weighted by Gasteiger charge is -2.18. The van der Waals surface area contributed by atoms with Crippen LogP contribution >= 0.6 is 0 Å². The van der Waals surface area contributed by atoms with Crippen molar-refractivity contribution in [2.24, 2.45) is 0 Å². The predicted molar refractivity (Wildman–Crippen MR) is 82.7 cm³/mol. The number of nitrogens with zero attached hydrogens (tertiary/aromatic N) is 1. The van der Waals surface area contributed by atoms with Crippen molar-refractivity contribution >= 4 is 6.03 Å². The Labute approximate surface area is 133 Å². The first-order valence-corrected chi connectivity index (χ1v) is 7.56. The van der Waals surface area contributed by atoms with Gasteiger partial charge in [0.2, 0.25) is 0 Å². The van der Waals surface area contributed by atoms with Crippen molar-refractivity contribution in [1.82, 2.24) is 20.8 Å². The van der Waals surface area contributed by atoms with Crippen LogP contribution in [0, 0.1) is 11.6 Å². The summed E-state index contributed by atoms with van der Waals surface area (Å²) >= 11 is 0. The lowest BCUT2D eigenvalue weighted by molar-refractivity contribution is 0.236. The summed E-state index contributed by atoms with van der Waals surface area (Å²) in [7, 11) is 0. The molecule has 0 aliphatic carbocycles. The largest absolute Gasteiger partial charge is 0.333 e. The van der Waals surface area contributed by atoms with E-state index < -0.39 is 23.7 Å². The molecule has 2 rings (SSSR count). The monoisotopic (exact) mass is 322 g/mol. The number of aromatic amines is 1. The zero-order valence-corrected chi connectivity index (χ0v) is 13.1. The van der Waals surface area contributed by atoms with Gasteiger partial charge in [-0.3, -0.25) is 5.10 Å². The topological polar surface area (TPSA) is 69.8 Å². The average molecular weight is 322 g/mol. The Morgan fingerprint density at radius 2 is 2.09 bits per heavy atom. The molecule has 0 spiro atoms. The summed E-state index contributed by atoms with van der Waals surface area (Å²) in [5, 5.41) is 12.2. The zero-order valence-electron chi connectivity index (χ0n) is 13.1. The zero-order chi connectivity index (χ0) is 16.8. The number of hydrogen-bond donors (Lipinski definition) is 3. The van der Waals surface area contributed by atoms with Crippen molar-refractivity contribution in [3.8, 4) is 0 Å². The van der Waals surface area contributed by atoms with Crippen LogP contribution in [0.5, 0.6) is 0 Å². The first kappa shape index (κ1) is 16.9. The highest BCUT2D eigenvalue weighted by atomic mass is 19.1. The van der Waals surface area contributed by atoms with Gasteiger partial charge in [0.1, 0.15) is 11.6 Å². The first-order valence-electron chi connectivity index (χ1n) is 7.56. The number of carbonyl (C=O) groups is 1. The van der Waals surface area contributed by atoms with Crippen molar-refractivity contribution in [2.45, 2.75) is 39.3 Å². The van der Waals surface area contributed by atoms with Gasteiger partial charge >= 0.3 is 6.03 Å². The average Bonchev–Trinajstić information content (AvgIpc) is 3.01. The number of nitrogens with one attached hydrogen (secondary N) is 3. The summed E-state index contributed by atoms with van der Waals surface area (Å²) in [6, 6.07) is 4.03. The van der Waals surface area contributed by atoms with Crippen LogP contribution in [-0.2, 0) is 13.0 Å². The number of rotatable bonds is 6. The molecule has 0 radical (unpaired) electrons. The summed E-state index contributed by atoms with van der Waals surface area (Å²) in [4.78, 5) is 12.0. The van der Waals surface area contributed by atoms with E-state index in [1.54, 1.807) is 6.92 Å². The third-order valence-corrected chi connectivity index (χ3v) is 3.53. The lowest BCUT2D eigenvalue weighted by Crippen LogP contribution is -2.37. The van der Waals surface area contributed by atoms with E-state index in [4.69, 9.17) is 0 Å². The Bertz CT molecular complexity index is 672. The van der Waals surface area contributed by atoms with E-state index in [0.29, 0.717) is 6.42 Å². The molecule has 1 heterocycles. The molecule has 0 fully saturated rings. The van der Waals surface area contributed by atoms with E-state index in [1.165, 1.54) is 0 Å². The molecular formula is C16H20F2N4O. The van der Waals surface area contributed by atoms with Gasteiger partial charge in [-0.1, -0.05) is 13.8 Å². The Balaban J connectivity index is 1.95. The number of H-pyrrole nitrogens is 1. The quantitative estimate of drug-likeness (QED) is 0.764. The Hall–Kier alpha value is -2.44. The van der Waals surface area contributed by atoms with Crippen LogP contribution < -0.4 is 10.6 Å². The summed E-state index contributed by atoms with van der Waals surface area (Å²) in [6.45, 7) is 4.05. The summed E-state index contributed by atoms with van der Waals surface area (Å²) in [5.74, 6) is -1.08. The number of hydrogen-bond acceptors (Lipinski definition) is 2. The minimum absolute atomic E-state index is 0.137. The third kappa shape index (κ3) is 4.51. The number of aromatic nitrogens is 2. The van der Waals surface area contributed by atoms with Crippen molar-refractivity contribution in [3.05, 3.63) is 52.9 Å². The number of amides is 2. The van der Waals surface area contributed by atoms with Crippen molar-refractivity contribution in [2.75, 3.05) is 0 Å². The molecule has 0 aliphatic heterocycles. The molecule has 5 nitrogen and oxygen atoms in total. The molecule has 2 aromatic rings. The molecule has 0 saturated heterocycles. The molecule has 124 valence electrons. The standard InChI is InChI=1S/C16H20F2N4O/c1-3-11-8-12(22-21-11)9-19-16(23)20-15(4-2)13-7-10(17)5-6-14(13)18/h5-8,15H,3-4,9H2,1-2H3,(H,21,22)(H2,19,20,23). The number of benzene rings is 1. The van der Waals surface area contributed by atoms with Crippen LogP contribution in [0.3, 0.4) is 0 Å². The van der Waals surface area contributed by atoms with Crippen LogP contribution in [-0.4, -0.2) is 16.2 Å². The fourth-order valence-electron chi connectivity index (χ4n) is 2.25. The van der Waals surface area contributed by atoms with E-state index in [2.05, 4.69) is 20.8 Å². The van der Waals surface area contributed by atoms with Crippen LogP contribution in [0.1, 0.15) is 43.3 Å². The van der Waals surface area contributed by atoms with Gasteiger partial charge in [0, 0.05) is 5.56 Å².